The van der Waals surface area contributed by atoms with Gasteiger partial charge in [-0.3, -0.25) is 9.59 Å². The van der Waals surface area contributed by atoms with E-state index in [9.17, 15) is 9.59 Å². The second-order valence-corrected chi connectivity index (χ2v) is 4.40. The summed E-state index contributed by atoms with van der Waals surface area (Å²) < 4.78 is 0. The fourth-order valence-electron chi connectivity index (χ4n) is 1.68. The van der Waals surface area contributed by atoms with Crippen molar-refractivity contribution in [1.29, 1.82) is 5.26 Å². The lowest BCUT2D eigenvalue weighted by molar-refractivity contribution is -0.137. The molecule has 1 heterocycles. The first-order valence-electron chi connectivity index (χ1n) is 6.42. The molecule has 0 aliphatic carbocycles. The predicted molar refractivity (Wildman–Crippen MR) is 72.1 cm³/mol. The number of amides is 1. The molecule has 0 spiro atoms. The molecular weight excluding hydrogens is 258 g/mol. The largest absolute Gasteiger partial charge is 0.481 e. The van der Waals surface area contributed by atoms with Crippen LogP contribution < -0.4 is 5.32 Å². The van der Waals surface area contributed by atoms with E-state index in [1.54, 1.807) is 13.0 Å². The van der Waals surface area contributed by atoms with Crippen molar-refractivity contribution >= 4 is 11.9 Å². The first kappa shape index (κ1) is 15.6. The van der Waals surface area contributed by atoms with E-state index >= 15 is 0 Å². The molecule has 1 aromatic rings. The fourth-order valence-corrected chi connectivity index (χ4v) is 1.68. The maximum Gasteiger partial charge on any atom is 0.303 e. The highest BCUT2D eigenvalue weighted by molar-refractivity contribution is 5.92. The number of aromatic nitrogens is 1. The lowest BCUT2D eigenvalue weighted by Crippen LogP contribution is -2.25. The van der Waals surface area contributed by atoms with Crippen LogP contribution in [0.3, 0.4) is 0 Å². The van der Waals surface area contributed by atoms with Gasteiger partial charge in [0.1, 0.15) is 11.8 Å². The van der Waals surface area contributed by atoms with Gasteiger partial charge in [-0.2, -0.15) is 5.26 Å². The number of hydrogen-bond acceptors (Lipinski definition) is 4. The van der Waals surface area contributed by atoms with Crippen LogP contribution in [0.4, 0.5) is 0 Å². The van der Waals surface area contributed by atoms with Crippen molar-refractivity contribution < 1.29 is 14.7 Å². The topological polar surface area (TPSA) is 103 Å². The first-order chi connectivity index (χ1) is 9.54. The quantitative estimate of drug-likeness (QED) is 0.736. The van der Waals surface area contributed by atoms with Crippen LogP contribution in [0.1, 0.15) is 47.4 Å². The number of hydrogen-bond donors (Lipinski definition) is 2. The van der Waals surface area contributed by atoms with Crippen molar-refractivity contribution in [2.24, 2.45) is 0 Å². The number of nitriles is 1. The van der Waals surface area contributed by atoms with Crippen LogP contribution in [0.25, 0.3) is 0 Å². The molecule has 2 N–H and O–H groups in total. The number of carbonyl (C=O) groups excluding carboxylic acids is 1. The Kier molecular flexibility index (Phi) is 6.17. The number of aliphatic carboxylic acids is 1. The number of nitrogens with one attached hydrogen (secondary N) is 1. The number of nitrogens with zero attached hydrogens (tertiary/aromatic N) is 2. The van der Waals surface area contributed by atoms with Gasteiger partial charge in [0, 0.05) is 13.0 Å². The van der Waals surface area contributed by atoms with Crippen LogP contribution in [0.5, 0.6) is 0 Å². The van der Waals surface area contributed by atoms with Gasteiger partial charge in [0.15, 0.2) is 0 Å². The van der Waals surface area contributed by atoms with Crippen LogP contribution in [-0.4, -0.2) is 28.5 Å². The minimum atomic E-state index is -0.800. The molecule has 1 rings (SSSR count). The van der Waals surface area contributed by atoms with Crippen molar-refractivity contribution in [2.45, 2.75) is 32.6 Å². The van der Waals surface area contributed by atoms with Crippen LogP contribution in [0, 0.1) is 18.3 Å². The maximum atomic E-state index is 11.8. The van der Waals surface area contributed by atoms with Crippen LogP contribution >= 0.6 is 0 Å². The van der Waals surface area contributed by atoms with Crippen molar-refractivity contribution in [3.05, 3.63) is 29.1 Å². The van der Waals surface area contributed by atoms with Gasteiger partial charge < -0.3 is 10.4 Å². The fraction of sp³-hybridized carbons (Fsp3) is 0.429. The van der Waals surface area contributed by atoms with E-state index in [-0.39, 0.29) is 18.0 Å². The van der Waals surface area contributed by atoms with Gasteiger partial charge in [-0.15, -0.1) is 0 Å². The highest BCUT2D eigenvalue weighted by Crippen LogP contribution is 2.05. The van der Waals surface area contributed by atoms with E-state index in [0.29, 0.717) is 24.2 Å². The third kappa shape index (κ3) is 5.06. The van der Waals surface area contributed by atoms with Crippen LogP contribution in [0.2, 0.25) is 0 Å². The average molecular weight is 275 g/mol. The minimum absolute atomic E-state index is 0.157. The summed E-state index contributed by atoms with van der Waals surface area (Å²) in [5.41, 5.74) is 1.27. The Hall–Kier alpha value is -2.42. The van der Waals surface area contributed by atoms with Crippen LogP contribution in [-0.2, 0) is 4.79 Å². The summed E-state index contributed by atoms with van der Waals surface area (Å²) in [5, 5.41) is 20.0. The molecule has 0 atom stereocenters. The Morgan fingerprint density at radius 3 is 2.70 bits per heavy atom. The molecule has 0 unspecified atom stereocenters. The molecule has 0 aliphatic rings. The average Bonchev–Trinajstić information content (AvgIpc) is 2.42. The number of carbonyl (C=O) groups is 2. The summed E-state index contributed by atoms with van der Waals surface area (Å²) in [5.74, 6) is -1.08. The van der Waals surface area contributed by atoms with E-state index in [0.717, 1.165) is 12.8 Å². The number of pyridine rings is 1. The molecular formula is C14H17N3O3. The number of rotatable bonds is 7. The van der Waals surface area contributed by atoms with E-state index in [1.807, 2.05) is 6.07 Å². The van der Waals surface area contributed by atoms with Gasteiger partial charge in [-0.05, 0) is 31.9 Å². The van der Waals surface area contributed by atoms with Crippen molar-refractivity contribution in [1.82, 2.24) is 10.3 Å². The third-order valence-corrected chi connectivity index (χ3v) is 2.79. The van der Waals surface area contributed by atoms with E-state index in [2.05, 4.69) is 10.3 Å². The Labute approximate surface area is 117 Å². The molecule has 0 saturated carbocycles. The Bertz CT molecular complexity index is 535. The SMILES string of the molecule is Cc1nc(C(=O)NCCCCCC(=O)O)ccc1C#N. The molecule has 6 heteroatoms. The van der Waals surface area contributed by atoms with Gasteiger partial charge in [0.25, 0.3) is 5.91 Å². The third-order valence-electron chi connectivity index (χ3n) is 2.79. The number of carboxylic acids is 1. The lowest BCUT2D eigenvalue weighted by atomic mass is 10.2. The number of carboxylic acid groups (broad SMARTS) is 1. The van der Waals surface area contributed by atoms with Gasteiger partial charge in [-0.1, -0.05) is 6.42 Å². The van der Waals surface area contributed by atoms with Crippen molar-refractivity contribution in [2.75, 3.05) is 6.54 Å². The summed E-state index contributed by atoms with van der Waals surface area (Å²) in [4.78, 5) is 26.2. The summed E-state index contributed by atoms with van der Waals surface area (Å²) in [6, 6.07) is 5.09. The Balaban J connectivity index is 2.35. The van der Waals surface area contributed by atoms with Crippen molar-refractivity contribution in [3.8, 4) is 6.07 Å². The zero-order chi connectivity index (χ0) is 15.0. The molecule has 0 bridgehead atoms. The van der Waals surface area contributed by atoms with E-state index in [1.165, 1.54) is 6.07 Å². The molecule has 20 heavy (non-hydrogen) atoms. The van der Waals surface area contributed by atoms with Gasteiger partial charge in [0.05, 0.1) is 11.3 Å². The van der Waals surface area contributed by atoms with E-state index < -0.39 is 5.97 Å². The molecule has 0 saturated heterocycles. The number of unbranched alkanes of at least 4 members (excludes halogenated alkanes) is 2. The van der Waals surface area contributed by atoms with Gasteiger partial charge in [-0.25, -0.2) is 4.98 Å². The normalized spacial score (nSPS) is 9.80. The maximum absolute atomic E-state index is 11.8. The van der Waals surface area contributed by atoms with Gasteiger partial charge >= 0.3 is 5.97 Å². The summed E-state index contributed by atoms with van der Waals surface area (Å²) in [7, 11) is 0. The molecule has 1 aromatic heterocycles. The highest BCUT2D eigenvalue weighted by atomic mass is 16.4. The Morgan fingerprint density at radius 1 is 1.35 bits per heavy atom. The molecule has 1 amide bonds. The summed E-state index contributed by atoms with van der Waals surface area (Å²) in [6.45, 7) is 2.17. The second-order valence-electron chi connectivity index (χ2n) is 4.40. The number of aryl methyl sites for hydroxylation is 1. The zero-order valence-electron chi connectivity index (χ0n) is 11.3. The Morgan fingerprint density at radius 2 is 2.10 bits per heavy atom. The first-order valence-corrected chi connectivity index (χ1v) is 6.42. The smallest absolute Gasteiger partial charge is 0.303 e. The molecule has 0 aliphatic heterocycles. The molecule has 0 fully saturated rings. The molecule has 0 radical (unpaired) electrons. The summed E-state index contributed by atoms with van der Waals surface area (Å²) in [6.07, 6.45) is 2.25. The van der Waals surface area contributed by atoms with Gasteiger partial charge in [0.2, 0.25) is 0 Å². The lowest BCUT2D eigenvalue weighted by Gasteiger charge is -2.05. The molecule has 0 aromatic carbocycles. The highest BCUT2D eigenvalue weighted by Gasteiger charge is 2.08. The second kappa shape index (κ2) is 7.89. The minimum Gasteiger partial charge on any atom is -0.481 e. The zero-order valence-corrected chi connectivity index (χ0v) is 11.3. The molecule has 106 valence electrons. The monoisotopic (exact) mass is 275 g/mol. The standard InChI is InChI=1S/C14H17N3O3/c1-10-11(9-15)6-7-12(17-10)14(20)16-8-4-2-3-5-13(18)19/h6-7H,2-5,8H2,1H3,(H,16,20)(H,18,19). The van der Waals surface area contributed by atoms with E-state index in [4.69, 9.17) is 10.4 Å². The summed E-state index contributed by atoms with van der Waals surface area (Å²) >= 11 is 0. The predicted octanol–water partition coefficient (Wildman–Crippen LogP) is 1.64. The van der Waals surface area contributed by atoms with Crippen LogP contribution in [0.15, 0.2) is 12.1 Å². The molecule has 6 nitrogen and oxygen atoms in total. The van der Waals surface area contributed by atoms with Crippen molar-refractivity contribution in [3.63, 3.8) is 0 Å².